The van der Waals surface area contributed by atoms with Gasteiger partial charge in [-0.05, 0) is 42.5 Å². The van der Waals surface area contributed by atoms with Crippen LogP contribution in [0.1, 0.15) is 11.1 Å². The van der Waals surface area contributed by atoms with Crippen molar-refractivity contribution in [2.45, 2.75) is 0 Å². The average Bonchev–Trinajstić information content (AvgIpc) is 2.75. The number of hydrogen-bond acceptors (Lipinski definition) is 6. The molecule has 0 amide bonds. The van der Waals surface area contributed by atoms with Gasteiger partial charge >= 0.3 is 0 Å². The molecule has 1 aliphatic heterocycles. The molecule has 2 aromatic carbocycles. The van der Waals surface area contributed by atoms with E-state index in [0.717, 1.165) is 11.3 Å². The highest BCUT2D eigenvalue weighted by Gasteiger charge is 2.17. The fourth-order valence-electron chi connectivity index (χ4n) is 2.88. The van der Waals surface area contributed by atoms with Crippen LogP contribution in [0.4, 0.5) is 0 Å². The van der Waals surface area contributed by atoms with Crippen LogP contribution in [-0.4, -0.2) is 40.8 Å². The van der Waals surface area contributed by atoms with Gasteiger partial charge in [0.2, 0.25) is 0 Å². The standard InChI is InChI=1S/C22H22O6/c1-24-17-6-8-19-15(10-17)9-16(13-28-19)18(23)7-5-14-11-21(26-3)22(27-4)12-20(14)25-2/h5-12H,13H2,1-4H3/b7-5+. The van der Waals surface area contributed by atoms with Crippen molar-refractivity contribution in [3.63, 3.8) is 0 Å². The number of hydrogen-bond donors (Lipinski definition) is 0. The number of methoxy groups -OCH3 is 4. The Balaban J connectivity index is 1.86. The third-order valence-electron chi connectivity index (χ3n) is 4.40. The molecule has 0 radical (unpaired) electrons. The number of carbonyl (C=O) groups excluding carboxylic acids is 1. The van der Waals surface area contributed by atoms with Gasteiger partial charge in [0.15, 0.2) is 17.3 Å². The molecule has 28 heavy (non-hydrogen) atoms. The average molecular weight is 382 g/mol. The van der Waals surface area contributed by atoms with E-state index in [2.05, 4.69) is 0 Å². The molecule has 0 aromatic heterocycles. The molecule has 146 valence electrons. The van der Waals surface area contributed by atoms with Gasteiger partial charge in [0.05, 0.1) is 28.4 Å². The van der Waals surface area contributed by atoms with Crippen LogP contribution in [0.25, 0.3) is 12.2 Å². The second-order valence-corrected chi connectivity index (χ2v) is 6.01. The Morgan fingerprint density at radius 1 is 0.929 bits per heavy atom. The Labute approximate surface area is 163 Å². The lowest BCUT2D eigenvalue weighted by Gasteiger charge is -2.17. The quantitative estimate of drug-likeness (QED) is 0.679. The monoisotopic (exact) mass is 382 g/mol. The minimum atomic E-state index is -0.148. The van der Waals surface area contributed by atoms with E-state index in [1.807, 2.05) is 24.3 Å². The maximum atomic E-state index is 12.6. The molecule has 0 aliphatic carbocycles. The van der Waals surface area contributed by atoms with Gasteiger partial charge in [0.25, 0.3) is 0 Å². The predicted octanol–water partition coefficient (Wildman–Crippen LogP) is 3.78. The topological polar surface area (TPSA) is 63.2 Å². The lowest BCUT2D eigenvalue weighted by atomic mass is 10.0. The van der Waals surface area contributed by atoms with Crippen molar-refractivity contribution in [2.24, 2.45) is 0 Å². The zero-order chi connectivity index (χ0) is 20.1. The van der Waals surface area contributed by atoms with E-state index in [0.29, 0.717) is 34.1 Å². The van der Waals surface area contributed by atoms with E-state index in [1.165, 1.54) is 6.08 Å². The van der Waals surface area contributed by atoms with Crippen molar-refractivity contribution in [3.05, 3.63) is 53.1 Å². The number of allylic oxidation sites excluding steroid dienone is 1. The van der Waals surface area contributed by atoms with Crippen molar-refractivity contribution in [2.75, 3.05) is 35.0 Å². The molecule has 0 atom stereocenters. The highest BCUT2D eigenvalue weighted by molar-refractivity contribution is 6.10. The first-order valence-corrected chi connectivity index (χ1v) is 8.63. The molecule has 6 heteroatoms. The van der Waals surface area contributed by atoms with Gasteiger partial charge < -0.3 is 23.7 Å². The summed E-state index contributed by atoms with van der Waals surface area (Å²) in [5, 5.41) is 0. The lowest BCUT2D eigenvalue weighted by Crippen LogP contribution is -2.13. The van der Waals surface area contributed by atoms with Crippen LogP contribution in [0.5, 0.6) is 28.7 Å². The second-order valence-electron chi connectivity index (χ2n) is 6.01. The third-order valence-corrected chi connectivity index (χ3v) is 4.40. The molecule has 2 aromatic rings. The van der Waals surface area contributed by atoms with Gasteiger partial charge in [0, 0.05) is 22.8 Å². The molecule has 0 fully saturated rings. The second kappa shape index (κ2) is 8.52. The molecule has 3 rings (SSSR count). The largest absolute Gasteiger partial charge is 0.497 e. The molecule has 6 nitrogen and oxygen atoms in total. The molecule has 1 aliphatic rings. The zero-order valence-electron chi connectivity index (χ0n) is 16.3. The molecule has 0 saturated heterocycles. The van der Waals surface area contributed by atoms with E-state index in [1.54, 1.807) is 46.6 Å². The normalized spacial score (nSPS) is 12.6. The predicted molar refractivity (Wildman–Crippen MR) is 107 cm³/mol. The summed E-state index contributed by atoms with van der Waals surface area (Å²) in [6, 6.07) is 8.96. The summed E-state index contributed by atoms with van der Waals surface area (Å²) in [4.78, 5) is 12.6. The van der Waals surface area contributed by atoms with Gasteiger partial charge in [-0.25, -0.2) is 0 Å². The molecule has 0 bridgehead atoms. The first kappa shape index (κ1) is 19.4. The van der Waals surface area contributed by atoms with Crippen LogP contribution in [0.15, 0.2) is 42.0 Å². The molecular formula is C22H22O6. The van der Waals surface area contributed by atoms with Gasteiger partial charge in [-0.15, -0.1) is 0 Å². The summed E-state index contributed by atoms with van der Waals surface area (Å²) in [5.41, 5.74) is 2.07. The van der Waals surface area contributed by atoms with Gasteiger partial charge in [-0.1, -0.05) is 0 Å². The smallest absolute Gasteiger partial charge is 0.185 e. The summed E-state index contributed by atoms with van der Waals surface area (Å²) < 4.78 is 26.9. The van der Waals surface area contributed by atoms with Crippen molar-refractivity contribution in [1.29, 1.82) is 0 Å². The lowest BCUT2D eigenvalue weighted by molar-refractivity contribution is -0.111. The van der Waals surface area contributed by atoms with E-state index in [-0.39, 0.29) is 12.4 Å². The molecule has 0 unspecified atom stereocenters. The fourth-order valence-corrected chi connectivity index (χ4v) is 2.88. The molecule has 0 saturated carbocycles. The number of fused-ring (bicyclic) bond motifs is 1. The Morgan fingerprint density at radius 3 is 2.32 bits per heavy atom. The summed E-state index contributed by atoms with van der Waals surface area (Å²) >= 11 is 0. The summed E-state index contributed by atoms with van der Waals surface area (Å²) in [6.07, 6.45) is 5.00. The number of benzene rings is 2. The Bertz CT molecular complexity index is 942. The maximum Gasteiger partial charge on any atom is 0.185 e. The molecular weight excluding hydrogens is 360 g/mol. The van der Waals surface area contributed by atoms with Crippen molar-refractivity contribution in [3.8, 4) is 28.7 Å². The third kappa shape index (κ3) is 3.96. The maximum absolute atomic E-state index is 12.6. The van der Waals surface area contributed by atoms with E-state index >= 15 is 0 Å². The van der Waals surface area contributed by atoms with Crippen LogP contribution in [0, 0.1) is 0 Å². The van der Waals surface area contributed by atoms with E-state index in [9.17, 15) is 4.79 Å². The van der Waals surface area contributed by atoms with Crippen LogP contribution < -0.4 is 23.7 Å². The van der Waals surface area contributed by atoms with Crippen LogP contribution >= 0.6 is 0 Å². The van der Waals surface area contributed by atoms with Crippen molar-refractivity contribution >= 4 is 17.9 Å². The number of carbonyl (C=O) groups is 1. The van der Waals surface area contributed by atoms with E-state index in [4.69, 9.17) is 23.7 Å². The summed E-state index contributed by atoms with van der Waals surface area (Å²) in [7, 11) is 6.26. The van der Waals surface area contributed by atoms with Crippen LogP contribution in [0.2, 0.25) is 0 Å². The molecule has 0 spiro atoms. The van der Waals surface area contributed by atoms with Crippen LogP contribution in [-0.2, 0) is 4.79 Å². The fraction of sp³-hybridized carbons (Fsp3) is 0.227. The van der Waals surface area contributed by atoms with Crippen molar-refractivity contribution < 1.29 is 28.5 Å². The minimum absolute atomic E-state index is 0.148. The highest BCUT2D eigenvalue weighted by Crippen LogP contribution is 2.35. The number of rotatable bonds is 7. The van der Waals surface area contributed by atoms with Gasteiger partial charge in [-0.2, -0.15) is 0 Å². The first-order valence-electron chi connectivity index (χ1n) is 8.63. The minimum Gasteiger partial charge on any atom is -0.497 e. The Morgan fingerprint density at radius 2 is 1.64 bits per heavy atom. The molecule has 0 N–H and O–H groups in total. The van der Waals surface area contributed by atoms with E-state index < -0.39 is 0 Å². The first-order chi connectivity index (χ1) is 13.6. The Hall–Kier alpha value is -3.41. The SMILES string of the molecule is COc1ccc2c(c1)C=C(C(=O)/C=C/c1cc(OC)c(OC)cc1OC)CO2. The number of ether oxygens (including phenoxy) is 5. The summed E-state index contributed by atoms with van der Waals surface area (Å²) in [5.74, 6) is 2.96. The summed E-state index contributed by atoms with van der Waals surface area (Å²) in [6.45, 7) is 0.214. The zero-order valence-corrected chi connectivity index (χ0v) is 16.3. The highest BCUT2D eigenvalue weighted by atomic mass is 16.5. The number of ketones is 1. The van der Waals surface area contributed by atoms with Gasteiger partial charge in [-0.3, -0.25) is 4.79 Å². The van der Waals surface area contributed by atoms with Crippen LogP contribution in [0.3, 0.4) is 0 Å². The van der Waals surface area contributed by atoms with Gasteiger partial charge in [0.1, 0.15) is 23.9 Å². The Kier molecular flexibility index (Phi) is 5.89. The van der Waals surface area contributed by atoms with Crippen molar-refractivity contribution in [1.82, 2.24) is 0 Å². The molecule has 1 heterocycles.